The van der Waals surface area contributed by atoms with Crippen molar-refractivity contribution >= 4 is 5.97 Å². The van der Waals surface area contributed by atoms with Crippen molar-refractivity contribution in [2.45, 2.75) is 32.1 Å². The Morgan fingerprint density at radius 3 is 2.16 bits per heavy atom. The lowest BCUT2D eigenvalue weighted by molar-refractivity contribution is -0.132. The number of carbonyl (C=O) groups is 1. The van der Waals surface area contributed by atoms with Gasteiger partial charge in [-0.05, 0) is 67.8 Å². The third kappa shape index (κ3) is 2.32. The van der Waals surface area contributed by atoms with Gasteiger partial charge in [0.15, 0.2) is 0 Å². The van der Waals surface area contributed by atoms with E-state index in [-0.39, 0.29) is 5.57 Å². The summed E-state index contributed by atoms with van der Waals surface area (Å²) in [6, 6.07) is 1.71. The van der Waals surface area contributed by atoms with Gasteiger partial charge in [-0.1, -0.05) is 12.2 Å². The number of nitrogens with zero attached hydrogens (tertiary/aromatic N) is 1. The normalized spacial score (nSPS) is 40.6. The van der Waals surface area contributed by atoms with Crippen molar-refractivity contribution in [3.63, 3.8) is 0 Å². The highest BCUT2D eigenvalue weighted by molar-refractivity contribution is 5.91. The first-order chi connectivity index (χ1) is 9.17. The molecule has 0 radical (unpaired) electrons. The van der Waals surface area contributed by atoms with Crippen LogP contribution in [0, 0.1) is 40.9 Å². The van der Waals surface area contributed by atoms with E-state index < -0.39 is 5.97 Å². The van der Waals surface area contributed by atoms with Gasteiger partial charge in [0, 0.05) is 0 Å². The van der Waals surface area contributed by atoms with Crippen LogP contribution in [0.15, 0.2) is 23.8 Å². The van der Waals surface area contributed by atoms with Gasteiger partial charge in [0.2, 0.25) is 0 Å². The molecule has 0 unspecified atom stereocenters. The summed E-state index contributed by atoms with van der Waals surface area (Å²) >= 11 is 0. The van der Waals surface area contributed by atoms with Crippen molar-refractivity contribution in [2.24, 2.45) is 29.6 Å². The molecule has 3 heteroatoms. The minimum absolute atomic E-state index is 0.180. The van der Waals surface area contributed by atoms with E-state index in [0.29, 0.717) is 5.92 Å². The van der Waals surface area contributed by atoms with Crippen molar-refractivity contribution in [3.05, 3.63) is 23.8 Å². The van der Waals surface area contributed by atoms with Crippen LogP contribution in [0.1, 0.15) is 32.1 Å². The molecule has 0 saturated heterocycles. The quantitative estimate of drug-likeness (QED) is 0.480. The Bertz CT molecular complexity index is 455. The van der Waals surface area contributed by atoms with Gasteiger partial charge >= 0.3 is 5.97 Å². The number of nitriles is 1. The van der Waals surface area contributed by atoms with Crippen LogP contribution in [-0.2, 0) is 4.79 Å². The maximum Gasteiger partial charge on any atom is 0.346 e. The van der Waals surface area contributed by atoms with E-state index in [0.717, 1.165) is 23.7 Å². The zero-order valence-electron chi connectivity index (χ0n) is 11.0. The first-order valence-electron chi connectivity index (χ1n) is 7.19. The van der Waals surface area contributed by atoms with Crippen molar-refractivity contribution in [1.82, 2.24) is 0 Å². The molecule has 4 aliphatic rings. The number of carboxylic acid groups (broad SMARTS) is 1. The predicted molar refractivity (Wildman–Crippen MR) is 71.0 cm³/mol. The molecule has 4 bridgehead atoms. The van der Waals surface area contributed by atoms with E-state index in [1.807, 2.05) is 0 Å². The van der Waals surface area contributed by atoms with Crippen LogP contribution < -0.4 is 0 Å². The monoisotopic (exact) mass is 257 g/mol. The van der Waals surface area contributed by atoms with E-state index in [4.69, 9.17) is 10.4 Å². The lowest BCUT2D eigenvalue weighted by atomic mass is 9.52. The van der Waals surface area contributed by atoms with E-state index >= 15 is 0 Å². The van der Waals surface area contributed by atoms with Crippen LogP contribution in [0.4, 0.5) is 0 Å². The number of hydrogen-bond acceptors (Lipinski definition) is 2. The van der Waals surface area contributed by atoms with Crippen LogP contribution in [0.2, 0.25) is 0 Å². The van der Waals surface area contributed by atoms with E-state index in [2.05, 4.69) is 6.08 Å². The van der Waals surface area contributed by atoms with Crippen molar-refractivity contribution in [2.75, 3.05) is 0 Å². The summed E-state index contributed by atoms with van der Waals surface area (Å²) in [5.74, 6) is 2.98. The topological polar surface area (TPSA) is 61.1 Å². The molecule has 0 aromatic carbocycles. The van der Waals surface area contributed by atoms with Crippen LogP contribution in [0.25, 0.3) is 0 Å². The molecule has 1 N–H and O–H groups in total. The molecular formula is C16H19NO2. The Hall–Kier alpha value is -1.56. The second kappa shape index (κ2) is 4.85. The Labute approximate surface area is 113 Å². The standard InChI is InChI=1S/C16H19NO2/c17-9-12(16(18)19)2-1-3-15-13-5-10-4-11(7-13)8-14(15)6-10/h1-3,10-11,13-15H,4-8H2,(H,18,19)/b3-1+,12-2+. The number of allylic oxidation sites excluding steroid dienone is 3. The molecule has 4 fully saturated rings. The first-order valence-corrected chi connectivity index (χ1v) is 7.19. The number of carboxylic acids is 1. The maximum absolute atomic E-state index is 10.7. The second-order valence-corrected chi connectivity index (χ2v) is 6.39. The summed E-state index contributed by atoms with van der Waals surface area (Å²) < 4.78 is 0. The summed E-state index contributed by atoms with van der Waals surface area (Å²) in [4.78, 5) is 10.7. The van der Waals surface area contributed by atoms with E-state index in [1.54, 1.807) is 12.1 Å². The van der Waals surface area contributed by atoms with Gasteiger partial charge in [-0.25, -0.2) is 4.79 Å². The van der Waals surface area contributed by atoms with Gasteiger partial charge in [0.25, 0.3) is 0 Å². The highest BCUT2D eigenvalue weighted by atomic mass is 16.4. The molecule has 0 amide bonds. The fourth-order valence-corrected chi connectivity index (χ4v) is 4.72. The molecule has 100 valence electrons. The molecule has 0 heterocycles. The van der Waals surface area contributed by atoms with Crippen molar-refractivity contribution in [1.29, 1.82) is 5.26 Å². The van der Waals surface area contributed by atoms with Crippen molar-refractivity contribution in [3.8, 4) is 6.07 Å². The average Bonchev–Trinajstić information content (AvgIpc) is 2.36. The lowest BCUT2D eigenvalue weighted by Crippen LogP contribution is -2.44. The third-order valence-electron chi connectivity index (χ3n) is 5.25. The Morgan fingerprint density at radius 1 is 1.11 bits per heavy atom. The van der Waals surface area contributed by atoms with Gasteiger partial charge in [0.1, 0.15) is 11.6 Å². The van der Waals surface area contributed by atoms with Crippen LogP contribution in [0.3, 0.4) is 0 Å². The molecule has 0 aliphatic heterocycles. The Morgan fingerprint density at radius 2 is 1.68 bits per heavy atom. The molecule has 0 aromatic heterocycles. The third-order valence-corrected chi connectivity index (χ3v) is 5.25. The average molecular weight is 257 g/mol. The van der Waals surface area contributed by atoms with Crippen molar-refractivity contribution < 1.29 is 9.90 Å². The molecule has 0 atom stereocenters. The highest BCUT2D eigenvalue weighted by Crippen LogP contribution is 2.56. The first kappa shape index (κ1) is 12.5. The maximum atomic E-state index is 10.7. The SMILES string of the molecule is N#C/C(=C\C=C\C1C2CC3CC(C2)CC1C3)C(=O)O. The van der Waals surface area contributed by atoms with Crippen LogP contribution in [-0.4, -0.2) is 11.1 Å². The summed E-state index contributed by atoms with van der Waals surface area (Å²) in [5.41, 5.74) is -0.180. The molecule has 19 heavy (non-hydrogen) atoms. The summed E-state index contributed by atoms with van der Waals surface area (Å²) in [7, 11) is 0. The van der Waals surface area contributed by atoms with E-state index in [9.17, 15) is 4.79 Å². The summed E-state index contributed by atoms with van der Waals surface area (Å²) in [6.45, 7) is 0. The van der Waals surface area contributed by atoms with Gasteiger partial charge < -0.3 is 5.11 Å². The minimum Gasteiger partial charge on any atom is -0.477 e. The summed E-state index contributed by atoms with van der Waals surface area (Å²) in [5, 5.41) is 17.5. The highest BCUT2D eigenvalue weighted by Gasteiger charge is 2.46. The minimum atomic E-state index is -1.14. The van der Waals surface area contributed by atoms with Gasteiger partial charge in [0.05, 0.1) is 0 Å². The molecule has 3 nitrogen and oxygen atoms in total. The van der Waals surface area contributed by atoms with Gasteiger partial charge in [-0.15, -0.1) is 0 Å². The zero-order chi connectivity index (χ0) is 13.4. The smallest absolute Gasteiger partial charge is 0.346 e. The van der Waals surface area contributed by atoms with Crippen LogP contribution in [0.5, 0.6) is 0 Å². The molecule has 4 saturated carbocycles. The summed E-state index contributed by atoms with van der Waals surface area (Å²) in [6.07, 6.45) is 12.3. The Balaban J connectivity index is 1.71. The molecule has 0 aromatic rings. The Kier molecular flexibility index (Phi) is 3.18. The zero-order valence-corrected chi connectivity index (χ0v) is 11.0. The predicted octanol–water partition coefficient (Wildman–Crippen LogP) is 3.15. The second-order valence-electron chi connectivity index (χ2n) is 6.39. The number of aliphatic carboxylic acids is 1. The fraction of sp³-hybridized carbons (Fsp3) is 0.625. The van der Waals surface area contributed by atoms with E-state index in [1.165, 1.54) is 38.2 Å². The lowest BCUT2D eigenvalue weighted by Gasteiger charge is -2.53. The molecule has 4 rings (SSSR count). The molecule has 0 spiro atoms. The molecular weight excluding hydrogens is 238 g/mol. The largest absolute Gasteiger partial charge is 0.477 e. The van der Waals surface area contributed by atoms with Gasteiger partial charge in [-0.3, -0.25) is 0 Å². The number of rotatable bonds is 3. The van der Waals surface area contributed by atoms with Crippen LogP contribution >= 0.6 is 0 Å². The molecule has 4 aliphatic carbocycles. The van der Waals surface area contributed by atoms with Gasteiger partial charge in [-0.2, -0.15) is 5.26 Å². The number of hydrogen-bond donors (Lipinski definition) is 1. The fourth-order valence-electron chi connectivity index (χ4n) is 4.72.